The second-order valence-corrected chi connectivity index (χ2v) is 8.51. The molecule has 3 rings (SSSR count). The summed E-state index contributed by atoms with van der Waals surface area (Å²) < 4.78 is 5.49. The topological polar surface area (TPSA) is 95.9 Å². The first-order valence-electron chi connectivity index (χ1n) is 10.8. The van der Waals surface area contributed by atoms with E-state index < -0.39 is 23.3 Å². The Bertz CT molecular complexity index is 1030. The Morgan fingerprint density at radius 1 is 0.848 bits per heavy atom. The van der Waals surface area contributed by atoms with Crippen LogP contribution in [0.5, 0.6) is 11.5 Å². The van der Waals surface area contributed by atoms with Gasteiger partial charge < -0.3 is 20.3 Å². The van der Waals surface area contributed by atoms with Crippen molar-refractivity contribution in [3.63, 3.8) is 0 Å². The van der Waals surface area contributed by atoms with E-state index in [9.17, 15) is 19.8 Å². The third-order valence-corrected chi connectivity index (χ3v) is 5.77. The number of benzene rings is 3. The molecule has 1 atom stereocenters. The summed E-state index contributed by atoms with van der Waals surface area (Å²) in [5.41, 5.74) is 0.929. The van der Waals surface area contributed by atoms with Crippen LogP contribution in [-0.4, -0.2) is 28.1 Å². The van der Waals surface area contributed by atoms with Gasteiger partial charge in [-0.2, -0.15) is 0 Å². The van der Waals surface area contributed by atoms with Crippen LogP contribution in [0.3, 0.4) is 0 Å². The summed E-state index contributed by atoms with van der Waals surface area (Å²) in [5, 5.41) is 22.3. The zero-order valence-corrected chi connectivity index (χ0v) is 19.0. The molecular formula is C27H29NO5. The van der Waals surface area contributed by atoms with Crippen LogP contribution in [0, 0.1) is 5.92 Å². The average molecular weight is 448 g/mol. The van der Waals surface area contributed by atoms with Gasteiger partial charge in [0.15, 0.2) is 0 Å². The number of hydrogen-bond acceptors (Lipinski definition) is 5. The minimum atomic E-state index is -1.19. The molecule has 3 aromatic rings. The fraction of sp³-hybridized carbons (Fsp3) is 0.259. The van der Waals surface area contributed by atoms with Crippen LogP contribution in [0.25, 0.3) is 0 Å². The van der Waals surface area contributed by atoms with Crippen LogP contribution in [0.1, 0.15) is 37.5 Å². The highest BCUT2D eigenvalue weighted by atomic mass is 16.5. The molecule has 0 aromatic heterocycles. The van der Waals surface area contributed by atoms with Gasteiger partial charge in [0.2, 0.25) is 5.91 Å². The summed E-state index contributed by atoms with van der Waals surface area (Å²) in [7, 11) is 0. The molecule has 0 aliphatic carbocycles. The van der Waals surface area contributed by atoms with E-state index in [0.29, 0.717) is 11.1 Å². The summed E-state index contributed by atoms with van der Waals surface area (Å²) in [6, 6.07) is 21.2. The molecule has 0 fully saturated rings. The van der Waals surface area contributed by atoms with Gasteiger partial charge in [-0.25, -0.2) is 4.79 Å². The molecule has 172 valence electrons. The molecule has 0 saturated heterocycles. The fourth-order valence-corrected chi connectivity index (χ4v) is 3.62. The van der Waals surface area contributed by atoms with E-state index >= 15 is 0 Å². The molecule has 6 heteroatoms. The summed E-state index contributed by atoms with van der Waals surface area (Å²) in [4.78, 5) is 26.6. The molecule has 0 spiro atoms. The zero-order chi connectivity index (χ0) is 24.0. The second-order valence-electron chi connectivity index (χ2n) is 8.51. The van der Waals surface area contributed by atoms with Crippen molar-refractivity contribution in [2.45, 2.75) is 38.8 Å². The number of amides is 1. The van der Waals surface area contributed by atoms with Crippen molar-refractivity contribution in [3.05, 3.63) is 95.6 Å². The van der Waals surface area contributed by atoms with Crippen molar-refractivity contribution in [2.75, 3.05) is 0 Å². The minimum Gasteiger partial charge on any atom is -0.508 e. The van der Waals surface area contributed by atoms with Gasteiger partial charge >= 0.3 is 5.97 Å². The van der Waals surface area contributed by atoms with Gasteiger partial charge in [-0.1, -0.05) is 68.4 Å². The Morgan fingerprint density at radius 2 is 1.33 bits per heavy atom. The average Bonchev–Trinajstić information content (AvgIpc) is 2.81. The number of rotatable bonds is 8. The van der Waals surface area contributed by atoms with Gasteiger partial charge in [0.1, 0.15) is 24.1 Å². The van der Waals surface area contributed by atoms with Crippen LogP contribution in [-0.2, 0) is 26.3 Å². The van der Waals surface area contributed by atoms with E-state index in [1.807, 2.05) is 44.2 Å². The molecule has 6 nitrogen and oxygen atoms in total. The van der Waals surface area contributed by atoms with Crippen molar-refractivity contribution < 1.29 is 24.5 Å². The first-order chi connectivity index (χ1) is 15.7. The Hall–Kier alpha value is -3.80. The van der Waals surface area contributed by atoms with Crippen LogP contribution < -0.4 is 5.32 Å². The van der Waals surface area contributed by atoms with E-state index in [0.717, 1.165) is 5.56 Å². The van der Waals surface area contributed by atoms with Gasteiger partial charge in [0.25, 0.3) is 0 Å². The van der Waals surface area contributed by atoms with Gasteiger partial charge in [0.05, 0.1) is 5.41 Å². The zero-order valence-electron chi connectivity index (χ0n) is 19.0. The predicted molar refractivity (Wildman–Crippen MR) is 126 cm³/mol. The Kier molecular flexibility index (Phi) is 7.38. The molecular weight excluding hydrogens is 418 g/mol. The molecule has 3 N–H and O–H groups in total. The van der Waals surface area contributed by atoms with Gasteiger partial charge in [-0.15, -0.1) is 0 Å². The lowest BCUT2D eigenvalue weighted by molar-refractivity contribution is -0.150. The van der Waals surface area contributed by atoms with E-state index in [1.54, 1.807) is 31.2 Å². The van der Waals surface area contributed by atoms with Crippen molar-refractivity contribution in [3.8, 4) is 11.5 Å². The summed E-state index contributed by atoms with van der Waals surface area (Å²) in [5.74, 6) is -0.954. The molecule has 33 heavy (non-hydrogen) atoms. The molecule has 0 radical (unpaired) electrons. The monoisotopic (exact) mass is 447 g/mol. The highest BCUT2D eigenvalue weighted by molar-refractivity contribution is 5.94. The number of nitrogens with one attached hydrogen (secondary N) is 1. The highest BCUT2D eigenvalue weighted by Gasteiger charge is 2.40. The smallest absolute Gasteiger partial charge is 0.329 e. The molecule has 1 amide bonds. The summed E-state index contributed by atoms with van der Waals surface area (Å²) >= 11 is 0. The Morgan fingerprint density at radius 3 is 1.79 bits per heavy atom. The minimum absolute atomic E-state index is 0.0803. The fourth-order valence-electron chi connectivity index (χ4n) is 3.62. The lowest BCUT2D eigenvalue weighted by Crippen LogP contribution is -2.52. The van der Waals surface area contributed by atoms with Crippen molar-refractivity contribution in [2.24, 2.45) is 5.92 Å². The SMILES string of the molecule is CC(C)[C@H](NC(=O)C(C)(c1ccc(O)cc1)c1ccc(O)cc1)C(=O)OCc1ccccc1. The Labute approximate surface area is 193 Å². The van der Waals surface area contributed by atoms with Crippen LogP contribution in [0.4, 0.5) is 0 Å². The maximum Gasteiger partial charge on any atom is 0.329 e. The highest BCUT2D eigenvalue weighted by Crippen LogP contribution is 2.34. The van der Waals surface area contributed by atoms with Gasteiger partial charge in [0, 0.05) is 0 Å². The van der Waals surface area contributed by atoms with Crippen LogP contribution >= 0.6 is 0 Å². The lowest BCUT2D eigenvalue weighted by atomic mass is 9.75. The summed E-state index contributed by atoms with van der Waals surface area (Å²) in [6.07, 6.45) is 0. The molecule has 0 bridgehead atoms. The maximum absolute atomic E-state index is 13.7. The lowest BCUT2D eigenvalue weighted by Gasteiger charge is -2.32. The third-order valence-electron chi connectivity index (χ3n) is 5.77. The third kappa shape index (κ3) is 5.52. The van der Waals surface area contributed by atoms with Crippen LogP contribution in [0.2, 0.25) is 0 Å². The van der Waals surface area contributed by atoms with Gasteiger partial charge in [-0.05, 0) is 53.8 Å². The van der Waals surface area contributed by atoms with Crippen molar-refractivity contribution >= 4 is 11.9 Å². The number of phenolic OH excluding ortho intramolecular Hbond substituents is 2. The molecule has 0 unspecified atom stereocenters. The Balaban J connectivity index is 1.88. The number of carbonyl (C=O) groups is 2. The number of aromatic hydroxyl groups is 2. The first-order valence-corrected chi connectivity index (χ1v) is 10.8. The van der Waals surface area contributed by atoms with Crippen molar-refractivity contribution in [1.29, 1.82) is 0 Å². The number of ether oxygens (including phenoxy) is 1. The largest absolute Gasteiger partial charge is 0.508 e. The van der Waals surface area contributed by atoms with E-state index in [1.165, 1.54) is 24.3 Å². The van der Waals surface area contributed by atoms with E-state index in [2.05, 4.69) is 5.32 Å². The van der Waals surface area contributed by atoms with E-state index in [4.69, 9.17) is 4.74 Å². The molecule has 3 aromatic carbocycles. The predicted octanol–water partition coefficient (Wildman–Crippen LogP) is 4.29. The first kappa shape index (κ1) is 23.9. The van der Waals surface area contributed by atoms with Crippen molar-refractivity contribution in [1.82, 2.24) is 5.32 Å². The second kappa shape index (κ2) is 10.2. The van der Waals surface area contributed by atoms with Gasteiger partial charge in [-0.3, -0.25) is 4.79 Å². The number of hydrogen-bond donors (Lipinski definition) is 3. The summed E-state index contributed by atoms with van der Waals surface area (Å²) in [6.45, 7) is 5.54. The molecule has 0 saturated carbocycles. The molecule has 0 aliphatic heterocycles. The number of carbonyl (C=O) groups excluding carboxylic acids is 2. The molecule has 0 heterocycles. The number of phenols is 2. The number of esters is 1. The molecule has 0 aliphatic rings. The quantitative estimate of drug-likeness (QED) is 0.448. The standard InChI is InChI=1S/C27H29NO5/c1-18(2)24(25(31)33-17-19-7-5-4-6-8-19)28-26(32)27(3,20-9-13-22(29)14-10-20)21-11-15-23(30)16-12-21/h4-16,18,24,29-30H,17H2,1-3H3,(H,28,32)/t24-/m0/s1. The normalized spacial score (nSPS) is 12.2. The van der Waals surface area contributed by atoms with Crippen LogP contribution in [0.15, 0.2) is 78.9 Å². The maximum atomic E-state index is 13.7. The van der Waals surface area contributed by atoms with E-state index in [-0.39, 0.29) is 24.0 Å².